The lowest BCUT2D eigenvalue weighted by Gasteiger charge is -2.18. The number of nitrogens with zero attached hydrogens (tertiary/aromatic N) is 1. The molecular weight excluding hydrogens is 278 g/mol. The molecule has 0 aromatic heterocycles. The number of fused-ring (bicyclic) bond motifs is 5. The number of carbonyl (C=O) groups excluding carboxylic acids is 2. The third kappa shape index (κ3) is 1.37. The van der Waals surface area contributed by atoms with Crippen LogP contribution in [-0.2, 0) is 9.59 Å². The van der Waals surface area contributed by atoms with Crippen molar-refractivity contribution in [2.75, 3.05) is 4.90 Å². The van der Waals surface area contributed by atoms with Crippen molar-refractivity contribution < 1.29 is 14.7 Å². The third-order valence-corrected chi connectivity index (χ3v) is 4.88. The molecule has 1 aromatic rings. The second-order valence-corrected chi connectivity index (χ2v) is 6.08. The summed E-state index contributed by atoms with van der Waals surface area (Å²) in [6.45, 7) is 0. The van der Waals surface area contributed by atoms with Crippen molar-refractivity contribution in [3.63, 3.8) is 0 Å². The fourth-order valence-corrected chi connectivity index (χ4v) is 3.99. The van der Waals surface area contributed by atoms with Crippen molar-refractivity contribution in [1.82, 2.24) is 0 Å². The minimum atomic E-state index is -0.257. The van der Waals surface area contributed by atoms with E-state index >= 15 is 0 Å². The molecule has 3 aliphatic rings. The van der Waals surface area contributed by atoms with Crippen LogP contribution in [0.5, 0.6) is 5.75 Å². The molecule has 1 saturated heterocycles. The van der Waals surface area contributed by atoms with E-state index in [-0.39, 0.29) is 46.9 Å². The number of phenolic OH excluding ortho intramolecular Hbond substituents is 1. The quantitative estimate of drug-likeness (QED) is 0.638. The summed E-state index contributed by atoms with van der Waals surface area (Å²) < 4.78 is 0. The van der Waals surface area contributed by atoms with Crippen molar-refractivity contribution in [3.05, 3.63) is 35.4 Å². The SMILES string of the molecule is O=C1C2C3C=CC(C3)C2C(=O)N1c1ccc(Cl)cc1O. The molecule has 1 N–H and O–H groups in total. The predicted molar refractivity (Wildman–Crippen MR) is 73.3 cm³/mol. The summed E-state index contributed by atoms with van der Waals surface area (Å²) in [6, 6.07) is 4.43. The number of hydrogen-bond donors (Lipinski definition) is 1. The molecule has 102 valence electrons. The lowest BCUT2D eigenvalue weighted by atomic mass is 9.85. The van der Waals surface area contributed by atoms with Gasteiger partial charge in [-0.1, -0.05) is 23.8 Å². The molecule has 2 bridgehead atoms. The van der Waals surface area contributed by atoms with E-state index in [4.69, 9.17) is 11.6 Å². The standard InChI is InChI=1S/C15H12ClNO3/c16-9-3-4-10(11(18)6-9)17-14(19)12-7-1-2-8(5-7)13(12)15(17)20/h1-4,6-8,12-13,18H,5H2. The van der Waals surface area contributed by atoms with Gasteiger partial charge in [0.25, 0.3) is 0 Å². The van der Waals surface area contributed by atoms with Gasteiger partial charge in [-0.3, -0.25) is 9.59 Å². The van der Waals surface area contributed by atoms with Crippen LogP contribution in [0.1, 0.15) is 6.42 Å². The average molecular weight is 290 g/mol. The number of phenols is 1. The summed E-state index contributed by atoms with van der Waals surface area (Å²) in [7, 11) is 0. The van der Waals surface area contributed by atoms with Gasteiger partial charge in [-0.25, -0.2) is 4.90 Å². The minimum Gasteiger partial charge on any atom is -0.506 e. The first-order valence-electron chi connectivity index (χ1n) is 6.62. The van der Waals surface area contributed by atoms with Crippen LogP contribution in [-0.4, -0.2) is 16.9 Å². The number of benzene rings is 1. The average Bonchev–Trinajstić information content (AvgIpc) is 3.06. The van der Waals surface area contributed by atoms with E-state index in [9.17, 15) is 14.7 Å². The van der Waals surface area contributed by atoms with Gasteiger partial charge < -0.3 is 5.11 Å². The molecule has 1 aromatic carbocycles. The molecule has 5 heteroatoms. The minimum absolute atomic E-state index is 0.139. The van der Waals surface area contributed by atoms with Crippen LogP contribution in [0.3, 0.4) is 0 Å². The number of allylic oxidation sites excluding steroid dienone is 2. The van der Waals surface area contributed by atoms with Crippen molar-refractivity contribution in [2.45, 2.75) is 6.42 Å². The molecule has 0 radical (unpaired) electrons. The third-order valence-electron chi connectivity index (χ3n) is 4.65. The second kappa shape index (κ2) is 3.85. The lowest BCUT2D eigenvalue weighted by molar-refractivity contribution is -0.123. The van der Waals surface area contributed by atoms with Crippen LogP contribution in [0.4, 0.5) is 5.69 Å². The van der Waals surface area contributed by atoms with Crippen LogP contribution in [0.25, 0.3) is 0 Å². The lowest BCUT2D eigenvalue weighted by Crippen LogP contribution is -2.32. The number of imide groups is 1. The van der Waals surface area contributed by atoms with Gasteiger partial charge in [0.05, 0.1) is 17.5 Å². The van der Waals surface area contributed by atoms with Crippen molar-refractivity contribution in [1.29, 1.82) is 0 Å². The fourth-order valence-electron chi connectivity index (χ4n) is 3.83. The number of carbonyl (C=O) groups is 2. The highest BCUT2D eigenvalue weighted by Gasteiger charge is 2.59. The zero-order valence-electron chi connectivity index (χ0n) is 10.5. The Labute approximate surface area is 120 Å². The Morgan fingerprint density at radius 3 is 2.25 bits per heavy atom. The van der Waals surface area contributed by atoms with E-state index in [1.54, 1.807) is 6.07 Å². The van der Waals surface area contributed by atoms with Crippen LogP contribution in [0.2, 0.25) is 5.02 Å². The summed E-state index contributed by atoms with van der Waals surface area (Å²) in [5.74, 6) is -0.717. The molecule has 20 heavy (non-hydrogen) atoms. The molecule has 4 atom stereocenters. The van der Waals surface area contributed by atoms with Gasteiger partial charge in [-0.15, -0.1) is 0 Å². The van der Waals surface area contributed by atoms with Gasteiger partial charge in [0, 0.05) is 11.1 Å². The van der Waals surface area contributed by atoms with Crippen molar-refractivity contribution >= 4 is 29.1 Å². The maximum Gasteiger partial charge on any atom is 0.238 e. The molecule has 1 heterocycles. The first-order valence-corrected chi connectivity index (χ1v) is 7.00. The molecule has 4 nitrogen and oxygen atoms in total. The van der Waals surface area contributed by atoms with E-state index in [1.807, 2.05) is 12.2 Å². The summed E-state index contributed by atoms with van der Waals surface area (Å²) in [5.41, 5.74) is 0.234. The highest BCUT2D eigenvalue weighted by molar-refractivity contribution is 6.31. The molecule has 0 spiro atoms. The first kappa shape index (κ1) is 12.0. The van der Waals surface area contributed by atoms with E-state index < -0.39 is 0 Å². The Hall–Kier alpha value is -1.81. The van der Waals surface area contributed by atoms with Crippen LogP contribution < -0.4 is 4.90 Å². The van der Waals surface area contributed by atoms with Crippen molar-refractivity contribution in [3.8, 4) is 5.75 Å². The Bertz CT molecular complexity index is 639. The highest BCUT2D eigenvalue weighted by atomic mass is 35.5. The van der Waals surface area contributed by atoms with E-state index in [0.29, 0.717) is 5.02 Å². The van der Waals surface area contributed by atoms with E-state index in [1.165, 1.54) is 12.1 Å². The first-order chi connectivity index (χ1) is 9.58. The predicted octanol–water partition coefficient (Wildman–Crippen LogP) is 2.36. The van der Waals surface area contributed by atoms with E-state index in [0.717, 1.165) is 11.3 Å². The molecule has 1 aliphatic heterocycles. The van der Waals surface area contributed by atoms with Crippen LogP contribution in [0, 0.1) is 23.7 Å². The monoisotopic (exact) mass is 289 g/mol. The summed E-state index contributed by atoms with van der Waals surface area (Å²) >= 11 is 5.79. The molecule has 2 aliphatic carbocycles. The smallest absolute Gasteiger partial charge is 0.238 e. The number of aromatic hydroxyl groups is 1. The normalized spacial score (nSPS) is 34.1. The fraction of sp³-hybridized carbons (Fsp3) is 0.333. The van der Waals surface area contributed by atoms with Gasteiger partial charge >= 0.3 is 0 Å². The topological polar surface area (TPSA) is 57.6 Å². The molecular formula is C15H12ClNO3. The Kier molecular flexibility index (Phi) is 2.31. The Morgan fingerprint density at radius 2 is 1.70 bits per heavy atom. The number of anilines is 1. The summed E-state index contributed by atoms with van der Waals surface area (Å²) in [5, 5.41) is 10.3. The second-order valence-electron chi connectivity index (χ2n) is 5.64. The van der Waals surface area contributed by atoms with Crippen molar-refractivity contribution in [2.24, 2.45) is 23.7 Å². The van der Waals surface area contributed by atoms with Gasteiger partial charge in [-0.05, 0) is 30.4 Å². The zero-order valence-corrected chi connectivity index (χ0v) is 11.2. The Balaban J connectivity index is 1.78. The van der Waals surface area contributed by atoms with Gasteiger partial charge in [0.15, 0.2) is 0 Å². The Morgan fingerprint density at radius 1 is 1.10 bits per heavy atom. The van der Waals surface area contributed by atoms with Gasteiger partial charge in [-0.2, -0.15) is 0 Å². The highest BCUT2D eigenvalue weighted by Crippen LogP contribution is 2.53. The largest absolute Gasteiger partial charge is 0.506 e. The molecule has 4 unspecified atom stereocenters. The molecule has 4 rings (SSSR count). The molecule has 2 fully saturated rings. The van der Waals surface area contributed by atoms with E-state index in [2.05, 4.69) is 0 Å². The number of rotatable bonds is 1. The number of hydrogen-bond acceptors (Lipinski definition) is 3. The molecule has 2 amide bonds. The number of amides is 2. The maximum absolute atomic E-state index is 12.6. The van der Waals surface area contributed by atoms with Crippen LogP contribution >= 0.6 is 11.6 Å². The summed E-state index contributed by atoms with van der Waals surface area (Å²) in [4.78, 5) is 26.2. The van der Waals surface area contributed by atoms with Crippen LogP contribution in [0.15, 0.2) is 30.4 Å². The summed E-state index contributed by atoms with van der Waals surface area (Å²) in [6.07, 6.45) is 4.98. The maximum atomic E-state index is 12.6. The zero-order chi connectivity index (χ0) is 14.0. The van der Waals surface area contributed by atoms with Gasteiger partial charge in [0.2, 0.25) is 11.8 Å². The molecule has 1 saturated carbocycles. The van der Waals surface area contributed by atoms with Gasteiger partial charge in [0.1, 0.15) is 5.75 Å². The number of halogens is 1.